The number of aromatic nitrogens is 1. The zero-order valence-electron chi connectivity index (χ0n) is 11.9. The molecule has 0 saturated heterocycles. The van der Waals surface area contributed by atoms with Crippen molar-refractivity contribution < 1.29 is 9.90 Å². The molecule has 0 aliphatic rings. The van der Waals surface area contributed by atoms with Gasteiger partial charge in [0.25, 0.3) is 0 Å². The van der Waals surface area contributed by atoms with Gasteiger partial charge in [0.2, 0.25) is 0 Å². The van der Waals surface area contributed by atoms with Crippen LogP contribution in [0.5, 0.6) is 0 Å². The van der Waals surface area contributed by atoms with Crippen molar-refractivity contribution in [1.29, 1.82) is 0 Å². The molecule has 1 N–H and O–H groups in total. The number of carboxylic acids is 1. The molecule has 0 aliphatic heterocycles. The summed E-state index contributed by atoms with van der Waals surface area (Å²) in [5, 5.41) is 10.0. The predicted octanol–water partition coefficient (Wildman–Crippen LogP) is 3.53. The van der Waals surface area contributed by atoms with Gasteiger partial charge in [0.05, 0.1) is 5.69 Å². The summed E-state index contributed by atoms with van der Waals surface area (Å²) < 4.78 is 0. The van der Waals surface area contributed by atoms with Crippen LogP contribution in [0.25, 0.3) is 10.6 Å². The van der Waals surface area contributed by atoms with Crippen LogP contribution in [0.1, 0.15) is 28.7 Å². The van der Waals surface area contributed by atoms with Crippen molar-refractivity contribution in [3.05, 3.63) is 34.8 Å². The highest BCUT2D eigenvalue weighted by molar-refractivity contribution is 7.17. The van der Waals surface area contributed by atoms with Crippen LogP contribution in [0.15, 0.2) is 24.3 Å². The molecule has 1 aromatic heterocycles. The summed E-state index contributed by atoms with van der Waals surface area (Å²) in [6.07, 6.45) is 1.59. The van der Waals surface area contributed by atoms with E-state index in [1.54, 1.807) is 0 Å². The summed E-state index contributed by atoms with van der Waals surface area (Å²) in [6, 6.07) is 7.98. The molecule has 1 heterocycles. The molecule has 106 valence electrons. The molecular weight excluding hydrogens is 272 g/mol. The van der Waals surface area contributed by atoms with Crippen molar-refractivity contribution in [2.24, 2.45) is 0 Å². The van der Waals surface area contributed by atoms with Crippen molar-refractivity contribution in [3.8, 4) is 10.6 Å². The van der Waals surface area contributed by atoms with E-state index in [2.05, 4.69) is 4.98 Å². The van der Waals surface area contributed by atoms with Gasteiger partial charge in [-0.1, -0.05) is 13.3 Å². The van der Waals surface area contributed by atoms with E-state index in [4.69, 9.17) is 0 Å². The number of nitrogens with zero attached hydrogens (tertiary/aromatic N) is 2. The SMILES string of the molecule is CCCc1nc(-c2ccc(N(C)C)cc2)sc1C(=O)O. The number of benzene rings is 1. The van der Waals surface area contributed by atoms with Gasteiger partial charge in [-0.2, -0.15) is 0 Å². The Morgan fingerprint density at radius 2 is 1.95 bits per heavy atom. The zero-order valence-corrected chi connectivity index (χ0v) is 12.7. The maximum Gasteiger partial charge on any atom is 0.347 e. The number of anilines is 1. The maximum absolute atomic E-state index is 11.2. The minimum Gasteiger partial charge on any atom is -0.477 e. The van der Waals surface area contributed by atoms with Gasteiger partial charge in [-0.25, -0.2) is 9.78 Å². The summed E-state index contributed by atoms with van der Waals surface area (Å²) in [5.41, 5.74) is 2.76. The van der Waals surface area contributed by atoms with E-state index in [0.717, 1.165) is 22.7 Å². The molecule has 0 bridgehead atoms. The van der Waals surface area contributed by atoms with E-state index < -0.39 is 5.97 Å². The third-order valence-corrected chi connectivity index (χ3v) is 4.14. The molecule has 0 saturated carbocycles. The van der Waals surface area contributed by atoms with E-state index in [1.165, 1.54) is 11.3 Å². The van der Waals surface area contributed by atoms with Crippen molar-refractivity contribution in [2.75, 3.05) is 19.0 Å². The van der Waals surface area contributed by atoms with Gasteiger partial charge in [0, 0.05) is 25.3 Å². The third kappa shape index (κ3) is 2.99. The molecule has 1 aromatic carbocycles. The zero-order chi connectivity index (χ0) is 14.7. The number of aryl methyl sites for hydroxylation is 1. The molecule has 0 unspecified atom stereocenters. The van der Waals surface area contributed by atoms with Gasteiger partial charge in [0.15, 0.2) is 0 Å². The number of rotatable bonds is 5. The highest BCUT2D eigenvalue weighted by Gasteiger charge is 2.17. The maximum atomic E-state index is 11.2. The van der Waals surface area contributed by atoms with Gasteiger partial charge in [0.1, 0.15) is 9.88 Å². The first-order chi connectivity index (χ1) is 9.52. The van der Waals surface area contributed by atoms with Gasteiger partial charge in [-0.3, -0.25) is 0 Å². The largest absolute Gasteiger partial charge is 0.477 e. The van der Waals surface area contributed by atoms with Crippen LogP contribution in [0.3, 0.4) is 0 Å². The molecule has 0 atom stereocenters. The van der Waals surface area contributed by atoms with Crippen LogP contribution in [0.2, 0.25) is 0 Å². The lowest BCUT2D eigenvalue weighted by molar-refractivity contribution is 0.0700. The first kappa shape index (κ1) is 14.5. The minimum absolute atomic E-state index is 0.360. The smallest absolute Gasteiger partial charge is 0.347 e. The van der Waals surface area contributed by atoms with Gasteiger partial charge >= 0.3 is 5.97 Å². The van der Waals surface area contributed by atoms with Crippen molar-refractivity contribution in [3.63, 3.8) is 0 Å². The monoisotopic (exact) mass is 290 g/mol. The van der Waals surface area contributed by atoms with Crippen LogP contribution >= 0.6 is 11.3 Å². The first-order valence-corrected chi connectivity index (χ1v) is 7.35. The Bertz CT molecular complexity index is 603. The second kappa shape index (κ2) is 6.05. The molecule has 20 heavy (non-hydrogen) atoms. The van der Waals surface area contributed by atoms with Crippen molar-refractivity contribution in [2.45, 2.75) is 19.8 Å². The Morgan fingerprint density at radius 3 is 2.45 bits per heavy atom. The van der Waals surface area contributed by atoms with Crippen LogP contribution in [0, 0.1) is 0 Å². The summed E-state index contributed by atoms with van der Waals surface area (Å²) in [4.78, 5) is 18.1. The van der Waals surface area contributed by atoms with E-state index in [1.807, 2.05) is 50.2 Å². The summed E-state index contributed by atoms with van der Waals surface area (Å²) in [7, 11) is 3.97. The lowest BCUT2D eigenvalue weighted by Crippen LogP contribution is -2.07. The number of hydrogen-bond donors (Lipinski definition) is 1. The van der Waals surface area contributed by atoms with E-state index in [9.17, 15) is 9.90 Å². The molecule has 2 rings (SSSR count). The normalized spacial score (nSPS) is 10.6. The molecule has 2 aromatic rings. The van der Waals surface area contributed by atoms with Crippen LogP contribution < -0.4 is 4.90 Å². The Balaban J connectivity index is 2.37. The Hall–Kier alpha value is -1.88. The summed E-state index contributed by atoms with van der Waals surface area (Å²) in [6.45, 7) is 2.02. The first-order valence-electron chi connectivity index (χ1n) is 6.53. The highest BCUT2D eigenvalue weighted by atomic mass is 32.1. The molecule has 0 amide bonds. The lowest BCUT2D eigenvalue weighted by Gasteiger charge is -2.11. The molecule has 0 radical (unpaired) electrons. The minimum atomic E-state index is -0.887. The van der Waals surface area contributed by atoms with Crippen LogP contribution in [-0.4, -0.2) is 30.2 Å². The molecule has 0 aliphatic carbocycles. The fourth-order valence-electron chi connectivity index (χ4n) is 1.95. The quantitative estimate of drug-likeness (QED) is 0.915. The second-order valence-electron chi connectivity index (χ2n) is 4.79. The molecule has 4 nitrogen and oxygen atoms in total. The van der Waals surface area contributed by atoms with E-state index >= 15 is 0 Å². The highest BCUT2D eigenvalue weighted by Crippen LogP contribution is 2.30. The fraction of sp³-hybridized carbons (Fsp3) is 0.333. The van der Waals surface area contributed by atoms with E-state index in [0.29, 0.717) is 17.0 Å². The molecule has 0 spiro atoms. The third-order valence-electron chi connectivity index (χ3n) is 3.01. The van der Waals surface area contributed by atoms with Gasteiger partial charge < -0.3 is 10.0 Å². The molecular formula is C15H18N2O2S. The lowest BCUT2D eigenvalue weighted by atomic mass is 10.2. The Morgan fingerprint density at radius 1 is 1.30 bits per heavy atom. The van der Waals surface area contributed by atoms with Crippen molar-refractivity contribution >= 4 is 23.0 Å². The predicted molar refractivity (Wildman–Crippen MR) is 82.8 cm³/mol. The number of aromatic carboxylic acids is 1. The number of hydrogen-bond acceptors (Lipinski definition) is 4. The molecule has 5 heteroatoms. The number of carboxylic acid groups (broad SMARTS) is 1. The number of thiazole rings is 1. The average Bonchev–Trinajstić information content (AvgIpc) is 2.83. The summed E-state index contributed by atoms with van der Waals surface area (Å²) in [5.74, 6) is -0.887. The standard InChI is InChI=1S/C15H18N2O2S/c1-4-5-12-13(15(18)19)20-14(16-12)10-6-8-11(9-7-10)17(2)3/h6-9H,4-5H2,1-3H3,(H,18,19). The van der Waals surface area contributed by atoms with Crippen molar-refractivity contribution in [1.82, 2.24) is 4.98 Å². The summed E-state index contributed by atoms with van der Waals surface area (Å²) >= 11 is 1.25. The van der Waals surface area contributed by atoms with E-state index in [-0.39, 0.29) is 0 Å². The van der Waals surface area contributed by atoms with Crippen LogP contribution in [-0.2, 0) is 6.42 Å². The fourth-order valence-corrected chi connectivity index (χ4v) is 2.91. The Labute approximate surface area is 122 Å². The topological polar surface area (TPSA) is 53.4 Å². The van der Waals surface area contributed by atoms with Crippen LogP contribution in [0.4, 0.5) is 5.69 Å². The molecule has 0 fully saturated rings. The average molecular weight is 290 g/mol. The van der Waals surface area contributed by atoms with Gasteiger partial charge in [-0.15, -0.1) is 11.3 Å². The van der Waals surface area contributed by atoms with Gasteiger partial charge in [-0.05, 0) is 30.7 Å². The number of carbonyl (C=O) groups is 1. The second-order valence-corrected chi connectivity index (χ2v) is 5.79. The Kier molecular flexibility index (Phi) is 4.39.